The fraction of sp³-hybridized carbons (Fsp3) is 0.0769. The van der Waals surface area contributed by atoms with Crippen molar-refractivity contribution < 1.29 is 9.66 Å². The van der Waals surface area contributed by atoms with Crippen LogP contribution < -0.4 is 4.74 Å². The quantitative estimate of drug-likeness (QED) is 0.621. The van der Waals surface area contributed by atoms with Gasteiger partial charge in [0, 0.05) is 11.6 Å². The summed E-state index contributed by atoms with van der Waals surface area (Å²) >= 11 is 3.22. The van der Waals surface area contributed by atoms with Gasteiger partial charge in [-0.1, -0.05) is 18.2 Å². The number of nitrogens with zero attached hydrogens (tertiary/aromatic N) is 1. The van der Waals surface area contributed by atoms with E-state index in [1.165, 1.54) is 6.07 Å². The molecule has 2 rings (SSSR count). The minimum absolute atomic E-state index is 0.0351. The van der Waals surface area contributed by atoms with Crippen LogP contribution in [0.25, 0.3) is 0 Å². The van der Waals surface area contributed by atoms with E-state index < -0.39 is 4.92 Å². The van der Waals surface area contributed by atoms with E-state index in [4.69, 9.17) is 4.74 Å². The lowest BCUT2D eigenvalue weighted by Crippen LogP contribution is -1.94. The van der Waals surface area contributed by atoms with E-state index in [1.54, 1.807) is 13.0 Å². The van der Waals surface area contributed by atoms with E-state index in [0.29, 0.717) is 21.5 Å². The molecular weight excluding hydrogens is 298 g/mol. The molecule has 0 heterocycles. The first-order valence-corrected chi connectivity index (χ1v) is 6.05. The van der Waals surface area contributed by atoms with Gasteiger partial charge < -0.3 is 4.74 Å². The van der Waals surface area contributed by atoms with Crippen LogP contribution in [0.4, 0.5) is 5.69 Å². The minimum atomic E-state index is -0.427. The Balaban J connectivity index is 2.36. The van der Waals surface area contributed by atoms with Gasteiger partial charge in [0.25, 0.3) is 5.69 Å². The highest BCUT2D eigenvalue weighted by molar-refractivity contribution is 9.10. The Kier molecular flexibility index (Phi) is 3.62. The van der Waals surface area contributed by atoms with E-state index in [1.807, 2.05) is 30.3 Å². The van der Waals surface area contributed by atoms with Crippen LogP contribution in [0.15, 0.2) is 46.9 Å². The van der Waals surface area contributed by atoms with Gasteiger partial charge in [-0.2, -0.15) is 0 Å². The summed E-state index contributed by atoms with van der Waals surface area (Å²) in [6.07, 6.45) is 0. The Bertz CT molecular complexity index is 584. The fourth-order valence-corrected chi connectivity index (χ4v) is 1.99. The van der Waals surface area contributed by atoms with Gasteiger partial charge in [0.2, 0.25) is 0 Å². The Morgan fingerprint density at radius 2 is 1.83 bits per heavy atom. The average Bonchev–Trinajstić information content (AvgIpc) is 2.36. The third-order valence-corrected chi connectivity index (χ3v) is 3.48. The van der Waals surface area contributed by atoms with Crippen LogP contribution in [0.5, 0.6) is 11.5 Å². The van der Waals surface area contributed by atoms with Crippen LogP contribution in [0.1, 0.15) is 5.56 Å². The zero-order valence-corrected chi connectivity index (χ0v) is 11.2. The maximum Gasteiger partial charge on any atom is 0.284 e. The largest absolute Gasteiger partial charge is 0.457 e. The van der Waals surface area contributed by atoms with Crippen LogP contribution >= 0.6 is 15.9 Å². The molecule has 92 valence electrons. The van der Waals surface area contributed by atoms with E-state index in [9.17, 15) is 10.1 Å². The highest BCUT2D eigenvalue weighted by Gasteiger charge is 2.17. The molecule has 4 nitrogen and oxygen atoms in total. The zero-order chi connectivity index (χ0) is 13.1. The molecule has 0 saturated carbocycles. The monoisotopic (exact) mass is 307 g/mol. The van der Waals surface area contributed by atoms with Crippen molar-refractivity contribution in [2.75, 3.05) is 0 Å². The summed E-state index contributed by atoms with van der Waals surface area (Å²) in [5.74, 6) is 1.29. The number of hydrogen-bond acceptors (Lipinski definition) is 3. The van der Waals surface area contributed by atoms with Gasteiger partial charge in [0.15, 0.2) is 0 Å². The standard InChI is InChI=1S/C13H10BrNO3/c1-9-12(18-10-5-3-2-4-6-10)8-7-11(13(9)14)15(16)17/h2-8H,1H3. The number of para-hydroxylation sites is 1. The SMILES string of the molecule is Cc1c(Oc2ccccc2)ccc([N+](=O)[O-])c1Br. The molecule has 0 fully saturated rings. The maximum absolute atomic E-state index is 10.8. The first kappa shape index (κ1) is 12.6. The molecule has 18 heavy (non-hydrogen) atoms. The second-order valence-electron chi connectivity index (χ2n) is 3.69. The second kappa shape index (κ2) is 5.18. The van der Waals surface area contributed by atoms with E-state index >= 15 is 0 Å². The summed E-state index contributed by atoms with van der Waals surface area (Å²) in [7, 11) is 0. The topological polar surface area (TPSA) is 52.4 Å². The molecule has 0 saturated heterocycles. The summed E-state index contributed by atoms with van der Waals surface area (Å²) in [5.41, 5.74) is 0.737. The molecule has 0 atom stereocenters. The van der Waals surface area contributed by atoms with Crippen molar-refractivity contribution in [1.29, 1.82) is 0 Å². The summed E-state index contributed by atoms with van der Waals surface area (Å²) in [6.45, 7) is 1.77. The second-order valence-corrected chi connectivity index (χ2v) is 4.49. The summed E-state index contributed by atoms with van der Waals surface area (Å²) in [4.78, 5) is 10.4. The van der Waals surface area contributed by atoms with Gasteiger partial charge in [-0.15, -0.1) is 0 Å². The molecule has 0 N–H and O–H groups in total. The Morgan fingerprint density at radius 3 is 2.44 bits per heavy atom. The predicted octanol–water partition coefficient (Wildman–Crippen LogP) is 4.46. The first-order chi connectivity index (χ1) is 8.59. The predicted molar refractivity (Wildman–Crippen MR) is 72.0 cm³/mol. The smallest absolute Gasteiger partial charge is 0.284 e. The Morgan fingerprint density at radius 1 is 1.17 bits per heavy atom. The third kappa shape index (κ3) is 2.51. The van der Waals surface area contributed by atoms with Crippen molar-refractivity contribution in [3.05, 3.63) is 62.6 Å². The molecular formula is C13H10BrNO3. The number of nitro groups is 1. The van der Waals surface area contributed by atoms with Gasteiger partial charge in [-0.05, 0) is 41.1 Å². The number of ether oxygens (including phenoxy) is 1. The van der Waals surface area contributed by atoms with Gasteiger partial charge in [0.05, 0.1) is 4.92 Å². The highest BCUT2D eigenvalue weighted by Crippen LogP contribution is 2.36. The fourth-order valence-electron chi connectivity index (χ4n) is 1.52. The lowest BCUT2D eigenvalue weighted by molar-refractivity contribution is -0.385. The molecule has 2 aromatic rings. The summed E-state index contributed by atoms with van der Waals surface area (Å²) in [6, 6.07) is 12.3. The first-order valence-electron chi connectivity index (χ1n) is 5.26. The van der Waals surface area contributed by atoms with Crippen LogP contribution in [-0.2, 0) is 0 Å². The average molecular weight is 308 g/mol. The third-order valence-electron chi connectivity index (χ3n) is 2.48. The molecule has 0 aliphatic carbocycles. The van der Waals surface area contributed by atoms with Crippen molar-refractivity contribution in [2.45, 2.75) is 6.92 Å². The lowest BCUT2D eigenvalue weighted by Gasteiger charge is -2.09. The van der Waals surface area contributed by atoms with Crippen molar-refractivity contribution in [1.82, 2.24) is 0 Å². The normalized spacial score (nSPS) is 10.1. The zero-order valence-electron chi connectivity index (χ0n) is 9.59. The number of nitro benzene ring substituents is 1. The molecule has 0 amide bonds. The van der Waals surface area contributed by atoms with Crippen LogP contribution in [0.2, 0.25) is 0 Å². The molecule has 0 bridgehead atoms. The van der Waals surface area contributed by atoms with Gasteiger partial charge in [-0.25, -0.2) is 0 Å². The Labute approximate surface area is 112 Å². The molecule has 0 aromatic heterocycles. The molecule has 5 heteroatoms. The maximum atomic E-state index is 10.8. The Hall–Kier alpha value is -1.88. The van der Waals surface area contributed by atoms with Gasteiger partial charge in [0.1, 0.15) is 16.0 Å². The number of benzene rings is 2. The van der Waals surface area contributed by atoms with Crippen molar-refractivity contribution in [2.24, 2.45) is 0 Å². The number of hydrogen-bond donors (Lipinski definition) is 0. The number of rotatable bonds is 3. The van der Waals surface area contributed by atoms with Crippen LogP contribution in [0.3, 0.4) is 0 Å². The van der Waals surface area contributed by atoms with E-state index in [0.717, 1.165) is 0 Å². The molecule has 0 radical (unpaired) electrons. The lowest BCUT2D eigenvalue weighted by atomic mass is 10.2. The van der Waals surface area contributed by atoms with Crippen molar-refractivity contribution in [3.63, 3.8) is 0 Å². The highest BCUT2D eigenvalue weighted by atomic mass is 79.9. The molecule has 0 spiro atoms. The van der Waals surface area contributed by atoms with Gasteiger partial charge >= 0.3 is 0 Å². The van der Waals surface area contributed by atoms with E-state index in [2.05, 4.69) is 15.9 Å². The summed E-state index contributed by atoms with van der Waals surface area (Å²) < 4.78 is 6.12. The van der Waals surface area contributed by atoms with Crippen LogP contribution in [-0.4, -0.2) is 4.92 Å². The summed E-state index contributed by atoms with van der Waals surface area (Å²) in [5, 5.41) is 10.8. The van der Waals surface area contributed by atoms with Crippen molar-refractivity contribution >= 4 is 21.6 Å². The van der Waals surface area contributed by atoms with Gasteiger partial charge in [-0.3, -0.25) is 10.1 Å². The minimum Gasteiger partial charge on any atom is -0.457 e. The van der Waals surface area contributed by atoms with Crippen molar-refractivity contribution in [3.8, 4) is 11.5 Å². The number of halogens is 1. The molecule has 2 aromatic carbocycles. The molecule has 0 aliphatic rings. The molecule has 0 unspecified atom stereocenters. The van der Waals surface area contributed by atoms with Crippen LogP contribution in [0, 0.1) is 17.0 Å². The molecule has 0 aliphatic heterocycles. The van der Waals surface area contributed by atoms with E-state index in [-0.39, 0.29) is 5.69 Å².